The maximum absolute atomic E-state index is 13.1. The second-order valence-electron chi connectivity index (χ2n) is 8.31. The van der Waals surface area contributed by atoms with Crippen LogP contribution in [0.3, 0.4) is 0 Å². The summed E-state index contributed by atoms with van der Waals surface area (Å²) >= 11 is 0. The van der Waals surface area contributed by atoms with Gasteiger partial charge in [0.05, 0.1) is 23.2 Å². The molecule has 8 nitrogen and oxygen atoms in total. The van der Waals surface area contributed by atoms with Crippen molar-refractivity contribution in [1.29, 1.82) is 0 Å². The predicted molar refractivity (Wildman–Crippen MR) is 137 cm³/mol. The zero-order chi connectivity index (χ0) is 25.6. The number of para-hydroxylation sites is 2. The number of nitrogens with one attached hydrogen (secondary N) is 2. The van der Waals surface area contributed by atoms with Crippen molar-refractivity contribution in [2.24, 2.45) is 0 Å². The number of hydrogen-bond acceptors (Lipinski definition) is 5. The lowest BCUT2D eigenvalue weighted by atomic mass is 10.1. The number of amides is 2. The van der Waals surface area contributed by atoms with Crippen molar-refractivity contribution in [3.63, 3.8) is 0 Å². The molecule has 0 heterocycles. The topological polar surface area (TPSA) is 105 Å². The molecular weight excluding hydrogens is 466 g/mol. The van der Waals surface area contributed by atoms with E-state index in [9.17, 15) is 18.0 Å². The Hall–Kier alpha value is -3.85. The van der Waals surface area contributed by atoms with Gasteiger partial charge < -0.3 is 15.4 Å². The van der Waals surface area contributed by atoms with Crippen LogP contribution in [0.2, 0.25) is 0 Å². The third-order valence-electron chi connectivity index (χ3n) is 5.01. The quantitative estimate of drug-likeness (QED) is 0.458. The van der Waals surface area contributed by atoms with E-state index in [1.54, 1.807) is 48.5 Å². The molecule has 0 spiro atoms. The lowest BCUT2D eigenvalue weighted by Crippen LogP contribution is -2.45. The third kappa shape index (κ3) is 6.83. The van der Waals surface area contributed by atoms with Gasteiger partial charge in [-0.15, -0.1) is 0 Å². The second-order valence-corrected chi connectivity index (χ2v) is 10.2. The number of hydrogen-bond donors (Lipinski definition) is 2. The Morgan fingerprint density at radius 3 is 2.00 bits per heavy atom. The van der Waals surface area contributed by atoms with Gasteiger partial charge in [-0.2, -0.15) is 0 Å². The molecule has 3 aromatic rings. The number of carbonyl (C=O) groups is 2. The highest BCUT2D eigenvalue weighted by atomic mass is 32.2. The molecular formula is C26H29N3O5S. The molecule has 0 aliphatic carbocycles. The zero-order valence-corrected chi connectivity index (χ0v) is 20.9. The summed E-state index contributed by atoms with van der Waals surface area (Å²) in [5.41, 5.74) is 0.888. The first-order chi connectivity index (χ1) is 16.6. The number of nitrogens with zero attached hydrogens (tertiary/aromatic N) is 1. The normalized spacial score (nSPS) is 12.0. The standard InChI is InChI=1S/C26H29N3O5S/c1-18(2)27-26(31)23-12-8-9-13-24(23)28-25(30)19(3)29(35(4,32)33)20-14-16-22(17-15-20)34-21-10-6-5-7-11-21/h5-19H,1-4H3,(H,27,31)(H,28,30)/t19-/m0/s1. The van der Waals surface area contributed by atoms with Crippen LogP contribution in [0.4, 0.5) is 11.4 Å². The summed E-state index contributed by atoms with van der Waals surface area (Å²) in [5.74, 6) is 0.256. The molecule has 0 unspecified atom stereocenters. The van der Waals surface area contributed by atoms with Crippen LogP contribution in [-0.4, -0.2) is 38.6 Å². The average Bonchev–Trinajstić information content (AvgIpc) is 2.80. The third-order valence-corrected chi connectivity index (χ3v) is 6.25. The maximum atomic E-state index is 13.1. The minimum Gasteiger partial charge on any atom is -0.457 e. The predicted octanol–water partition coefficient (Wildman–Crippen LogP) is 4.41. The van der Waals surface area contributed by atoms with Crippen molar-refractivity contribution in [1.82, 2.24) is 5.32 Å². The van der Waals surface area contributed by atoms with Crippen LogP contribution in [0.1, 0.15) is 31.1 Å². The highest BCUT2D eigenvalue weighted by molar-refractivity contribution is 7.92. The maximum Gasteiger partial charge on any atom is 0.253 e. The lowest BCUT2D eigenvalue weighted by Gasteiger charge is -2.28. The van der Waals surface area contributed by atoms with Gasteiger partial charge in [-0.05, 0) is 69.3 Å². The SMILES string of the molecule is CC(C)NC(=O)c1ccccc1NC(=O)[C@H](C)N(c1ccc(Oc2ccccc2)cc1)S(C)(=O)=O. The van der Waals surface area contributed by atoms with Gasteiger partial charge in [0, 0.05) is 6.04 Å². The average molecular weight is 496 g/mol. The molecule has 9 heteroatoms. The highest BCUT2D eigenvalue weighted by Gasteiger charge is 2.30. The summed E-state index contributed by atoms with van der Waals surface area (Å²) in [6, 6.07) is 21.0. The van der Waals surface area contributed by atoms with E-state index in [1.807, 2.05) is 44.2 Å². The lowest BCUT2D eigenvalue weighted by molar-refractivity contribution is -0.116. The van der Waals surface area contributed by atoms with Crippen molar-refractivity contribution < 1.29 is 22.7 Å². The number of sulfonamides is 1. The Balaban J connectivity index is 1.82. The molecule has 0 saturated heterocycles. The molecule has 1 atom stereocenters. The van der Waals surface area contributed by atoms with E-state index in [2.05, 4.69) is 10.6 Å². The summed E-state index contributed by atoms with van der Waals surface area (Å²) in [7, 11) is -3.82. The van der Waals surface area contributed by atoms with Gasteiger partial charge >= 0.3 is 0 Å². The summed E-state index contributed by atoms with van der Waals surface area (Å²) < 4.78 is 32.1. The summed E-state index contributed by atoms with van der Waals surface area (Å²) in [4.78, 5) is 25.6. The van der Waals surface area contributed by atoms with Crippen LogP contribution >= 0.6 is 0 Å². The molecule has 0 bridgehead atoms. The van der Waals surface area contributed by atoms with Crippen LogP contribution in [0.25, 0.3) is 0 Å². The van der Waals surface area contributed by atoms with Gasteiger partial charge in [-0.25, -0.2) is 8.42 Å². The molecule has 0 fully saturated rings. The Morgan fingerprint density at radius 1 is 0.829 bits per heavy atom. The molecule has 3 rings (SSSR count). The van der Waals surface area contributed by atoms with Crippen LogP contribution in [0.5, 0.6) is 11.5 Å². The first-order valence-electron chi connectivity index (χ1n) is 11.1. The molecule has 0 radical (unpaired) electrons. The van der Waals surface area contributed by atoms with E-state index in [-0.39, 0.29) is 17.5 Å². The van der Waals surface area contributed by atoms with Crippen LogP contribution in [0.15, 0.2) is 78.9 Å². The smallest absolute Gasteiger partial charge is 0.253 e. The Morgan fingerprint density at radius 2 is 1.40 bits per heavy atom. The number of benzene rings is 3. The Kier molecular flexibility index (Phi) is 8.14. The van der Waals surface area contributed by atoms with E-state index in [1.165, 1.54) is 6.92 Å². The van der Waals surface area contributed by atoms with E-state index >= 15 is 0 Å². The Bertz CT molecular complexity index is 1280. The van der Waals surface area contributed by atoms with Crippen LogP contribution in [-0.2, 0) is 14.8 Å². The number of ether oxygens (including phenoxy) is 1. The van der Waals surface area contributed by atoms with E-state index in [4.69, 9.17) is 4.74 Å². The van der Waals surface area contributed by atoms with E-state index in [0.717, 1.165) is 10.6 Å². The fourth-order valence-corrected chi connectivity index (χ4v) is 4.64. The zero-order valence-electron chi connectivity index (χ0n) is 20.1. The van der Waals surface area contributed by atoms with Gasteiger partial charge in [0.25, 0.3) is 5.91 Å². The minimum absolute atomic E-state index is 0.0836. The summed E-state index contributed by atoms with van der Waals surface area (Å²) in [5, 5.41) is 5.49. The monoisotopic (exact) mass is 495 g/mol. The molecule has 0 saturated carbocycles. The van der Waals surface area contributed by atoms with Gasteiger partial charge in [0.15, 0.2) is 0 Å². The number of carbonyl (C=O) groups excluding carboxylic acids is 2. The van der Waals surface area contributed by atoms with Crippen molar-refractivity contribution in [2.75, 3.05) is 15.9 Å². The molecule has 0 aliphatic heterocycles. The molecule has 35 heavy (non-hydrogen) atoms. The second kappa shape index (κ2) is 11.1. The molecule has 3 aromatic carbocycles. The van der Waals surface area contributed by atoms with Crippen molar-refractivity contribution in [2.45, 2.75) is 32.9 Å². The molecule has 2 N–H and O–H groups in total. The molecule has 0 aromatic heterocycles. The van der Waals surface area contributed by atoms with E-state index in [0.29, 0.717) is 22.9 Å². The number of rotatable bonds is 9. The Labute approximate surface area is 206 Å². The summed E-state index contributed by atoms with van der Waals surface area (Å²) in [6.07, 6.45) is 1.04. The van der Waals surface area contributed by atoms with Crippen molar-refractivity contribution >= 4 is 33.2 Å². The molecule has 2 amide bonds. The van der Waals surface area contributed by atoms with Crippen molar-refractivity contribution in [3.05, 3.63) is 84.4 Å². The first-order valence-corrected chi connectivity index (χ1v) is 12.9. The molecule has 0 aliphatic rings. The van der Waals surface area contributed by atoms with Crippen molar-refractivity contribution in [3.8, 4) is 11.5 Å². The van der Waals surface area contributed by atoms with Gasteiger partial charge in [-0.3, -0.25) is 13.9 Å². The van der Waals surface area contributed by atoms with E-state index < -0.39 is 22.0 Å². The highest BCUT2D eigenvalue weighted by Crippen LogP contribution is 2.27. The van der Waals surface area contributed by atoms with Crippen LogP contribution < -0.4 is 19.7 Å². The minimum atomic E-state index is -3.82. The fourth-order valence-electron chi connectivity index (χ4n) is 3.46. The number of anilines is 2. The van der Waals surface area contributed by atoms with Gasteiger partial charge in [-0.1, -0.05) is 30.3 Å². The molecule has 184 valence electrons. The first kappa shape index (κ1) is 25.8. The fraction of sp³-hybridized carbons (Fsp3) is 0.231. The van der Waals surface area contributed by atoms with Gasteiger partial charge in [0.2, 0.25) is 15.9 Å². The largest absolute Gasteiger partial charge is 0.457 e. The van der Waals surface area contributed by atoms with Gasteiger partial charge in [0.1, 0.15) is 17.5 Å². The summed E-state index contributed by atoms with van der Waals surface area (Å²) in [6.45, 7) is 5.16. The van der Waals surface area contributed by atoms with Crippen LogP contribution in [0, 0.1) is 0 Å².